The van der Waals surface area contributed by atoms with Crippen molar-refractivity contribution in [1.29, 1.82) is 5.26 Å². The Balaban J connectivity index is 1.49. The van der Waals surface area contributed by atoms with Gasteiger partial charge in [0.2, 0.25) is 0 Å². The van der Waals surface area contributed by atoms with E-state index in [0.29, 0.717) is 30.6 Å². The molecule has 1 aliphatic carbocycles. The van der Waals surface area contributed by atoms with Gasteiger partial charge in [-0.3, -0.25) is 4.90 Å². The van der Waals surface area contributed by atoms with Crippen molar-refractivity contribution >= 4 is 11.7 Å². The highest BCUT2D eigenvalue weighted by atomic mass is 19.2. The van der Waals surface area contributed by atoms with Crippen molar-refractivity contribution in [2.75, 3.05) is 18.9 Å². The summed E-state index contributed by atoms with van der Waals surface area (Å²) in [5.74, 6) is -1.55. The molecular formula is C29H28F2N4O2. The minimum atomic E-state index is -0.876. The molecule has 1 unspecified atom stereocenters. The van der Waals surface area contributed by atoms with Gasteiger partial charge in [-0.25, -0.2) is 13.6 Å². The van der Waals surface area contributed by atoms with Crippen LogP contribution >= 0.6 is 0 Å². The Morgan fingerprint density at radius 1 is 1.22 bits per heavy atom. The van der Waals surface area contributed by atoms with E-state index < -0.39 is 17.0 Å². The van der Waals surface area contributed by atoms with Crippen molar-refractivity contribution in [1.82, 2.24) is 9.80 Å². The quantitative estimate of drug-likeness (QED) is 0.516. The summed E-state index contributed by atoms with van der Waals surface area (Å²) >= 11 is 0. The number of piperidine rings is 1. The number of nitrogens with one attached hydrogen (secondary N) is 1. The number of urea groups is 1. The minimum Gasteiger partial charge on any atom is -0.508 e. The van der Waals surface area contributed by atoms with Crippen molar-refractivity contribution in [3.05, 3.63) is 94.6 Å². The van der Waals surface area contributed by atoms with Gasteiger partial charge in [0.25, 0.3) is 0 Å². The van der Waals surface area contributed by atoms with Crippen molar-refractivity contribution < 1.29 is 18.7 Å². The number of carbonyl (C=O) groups excluding carboxylic acids is 1. The topological polar surface area (TPSA) is 79.6 Å². The molecule has 2 aliphatic rings. The highest BCUT2D eigenvalue weighted by molar-refractivity contribution is 5.89. The van der Waals surface area contributed by atoms with E-state index in [9.17, 15) is 18.7 Å². The lowest BCUT2D eigenvalue weighted by Gasteiger charge is -2.57. The number of amides is 2. The Morgan fingerprint density at radius 3 is 2.70 bits per heavy atom. The molecule has 0 radical (unpaired) electrons. The van der Waals surface area contributed by atoms with Gasteiger partial charge in [-0.05, 0) is 73.0 Å². The smallest absolute Gasteiger partial charge is 0.321 e. The van der Waals surface area contributed by atoms with Crippen molar-refractivity contribution in [2.24, 2.45) is 0 Å². The van der Waals surface area contributed by atoms with Gasteiger partial charge < -0.3 is 15.3 Å². The maximum atomic E-state index is 14.6. The second-order valence-electron chi connectivity index (χ2n) is 10.1. The average Bonchev–Trinajstić information content (AvgIpc) is 2.89. The number of hydrogen-bond donors (Lipinski definition) is 2. The molecule has 190 valence electrons. The summed E-state index contributed by atoms with van der Waals surface area (Å²) < 4.78 is 28.5. The number of anilines is 1. The number of nitrogens with zero attached hydrogens (tertiary/aromatic N) is 3. The molecular weight excluding hydrogens is 474 g/mol. The largest absolute Gasteiger partial charge is 0.508 e. The van der Waals surface area contributed by atoms with Gasteiger partial charge in [0, 0.05) is 36.3 Å². The van der Waals surface area contributed by atoms with Crippen LogP contribution in [-0.4, -0.2) is 46.6 Å². The SMILES string of the molecule is CN(C(=O)Nc1ccc(C#N)cc1)[C@H]1C2Cc3ccc(O)cc3[C@@]1(C)CCN2Cc1cccc(F)c1F. The van der Waals surface area contributed by atoms with Crippen LogP contribution < -0.4 is 5.32 Å². The third kappa shape index (κ3) is 4.40. The Kier molecular flexibility index (Phi) is 6.34. The molecule has 37 heavy (non-hydrogen) atoms. The Bertz CT molecular complexity index is 1390. The van der Waals surface area contributed by atoms with E-state index in [4.69, 9.17) is 5.26 Å². The maximum absolute atomic E-state index is 14.6. The number of phenols is 1. The number of halogens is 2. The number of likely N-dealkylation sites (tertiary alicyclic amines) is 1. The number of likely N-dealkylation sites (N-methyl/N-ethyl adjacent to an activating group) is 1. The van der Waals surface area contributed by atoms with E-state index in [1.165, 1.54) is 6.07 Å². The number of aromatic hydroxyl groups is 1. The summed E-state index contributed by atoms with van der Waals surface area (Å²) in [5.41, 5.74) is 2.96. The number of rotatable bonds is 4. The van der Waals surface area contributed by atoms with Crippen LogP contribution in [0.3, 0.4) is 0 Å². The first-order valence-corrected chi connectivity index (χ1v) is 12.2. The average molecular weight is 503 g/mol. The molecule has 6 nitrogen and oxygen atoms in total. The Morgan fingerprint density at radius 2 is 1.97 bits per heavy atom. The molecule has 2 N–H and O–H groups in total. The van der Waals surface area contributed by atoms with Gasteiger partial charge >= 0.3 is 6.03 Å². The van der Waals surface area contributed by atoms with Crippen molar-refractivity contribution in [3.8, 4) is 11.8 Å². The Labute approximate surface area is 214 Å². The Hall–Kier alpha value is -3.96. The van der Waals surface area contributed by atoms with Gasteiger partial charge in [-0.15, -0.1) is 0 Å². The van der Waals surface area contributed by atoms with Crippen LogP contribution in [0.15, 0.2) is 60.7 Å². The third-order valence-corrected chi connectivity index (χ3v) is 7.95. The predicted molar refractivity (Wildman–Crippen MR) is 136 cm³/mol. The summed E-state index contributed by atoms with van der Waals surface area (Å²) in [7, 11) is 1.74. The molecule has 3 aromatic carbocycles. The molecule has 1 fully saturated rings. The molecule has 3 atom stereocenters. The number of fused-ring (bicyclic) bond motifs is 4. The van der Waals surface area contributed by atoms with Crippen LogP contribution in [-0.2, 0) is 18.4 Å². The lowest BCUT2D eigenvalue weighted by molar-refractivity contribution is 0.00182. The number of hydrogen-bond acceptors (Lipinski definition) is 4. The fourth-order valence-corrected chi connectivity index (χ4v) is 6.09. The van der Waals surface area contributed by atoms with Crippen LogP contribution in [0.5, 0.6) is 5.75 Å². The van der Waals surface area contributed by atoms with E-state index in [1.54, 1.807) is 54.4 Å². The van der Waals surface area contributed by atoms with E-state index in [0.717, 1.165) is 17.2 Å². The van der Waals surface area contributed by atoms with Crippen LogP contribution in [0.2, 0.25) is 0 Å². The molecule has 2 bridgehead atoms. The molecule has 5 rings (SSSR count). The fraction of sp³-hybridized carbons (Fsp3) is 0.310. The minimum absolute atomic E-state index is 0.157. The monoisotopic (exact) mass is 502 g/mol. The lowest BCUT2D eigenvalue weighted by Crippen LogP contribution is -2.68. The van der Waals surface area contributed by atoms with Crippen LogP contribution in [0.25, 0.3) is 0 Å². The molecule has 1 aliphatic heterocycles. The first kappa shape index (κ1) is 24.7. The number of carbonyl (C=O) groups is 1. The highest BCUT2D eigenvalue weighted by Crippen LogP contribution is 2.48. The highest BCUT2D eigenvalue weighted by Gasteiger charge is 2.53. The normalized spacial score (nSPS) is 22.6. The first-order chi connectivity index (χ1) is 17.7. The standard InChI is InChI=1S/C29H28F2N4O2/c1-29-12-13-35(17-20-4-3-5-24(30)26(20)31)25(14-19-8-11-22(36)15-23(19)29)27(29)34(2)28(37)33-21-9-6-18(16-32)7-10-21/h3-11,15,25,27,36H,12-14,17H2,1-2H3,(H,33,37)/t25?,27-,29+/m0/s1. The van der Waals surface area contributed by atoms with E-state index in [1.807, 2.05) is 6.07 Å². The number of nitriles is 1. The van der Waals surface area contributed by atoms with E-state index in [2.05, 4.69) is 23.2 Å². The first-order valence-electron chi connectivity index (χ1n) is 12.2. The van der Waals surface area contributed by atoms with Gasteiger partial charge in [-0.2, -0.15) is 5.26 Å². The molecule has 1 heterocycles. The second-order valence-corrected chi connectivity index (χ2v) is 10.1. The van der Waals surface area contributed by atoms with Crippen LogP contribution in [0, 0.1) is 23.0 Å². The van der Waals surface area contributed by atoms with Gasteiger partial charge in [0.1, 0.15) is 5.75 Å². The zero-order valence-electron chi connectivity index (χ0n) is 20.7. The van der Waals surface area contributed by atoms with Gasteiger partial charge in [0.15, 0.2) is 11.6 Å². The van der Waals surface area contributed by atoms with Crippen LogP contribution in [0.4, 0.5) is 19.3 Å². The van der Waals surface area contributed by atoms with Crippen molar-refractivity contribution in [2.45, 2.75) is 43.8 Å². The number of benzene rings is 3. The molecule has 0 spiro atoms. The lowest BCUT2D eigenvalue weighted by atomic mass is 9.61. The summed E-state index contributed by atoms with van der Waals surface area (Å²) in [6.45, 7) is 2.96. The molecule has 3 aromatic rings. The van der Waals surface area contributed by atoms with E-state index >= 15 is 0 Å². The fourth-order valence-electron chi connectivity index (χ4n) is 6.09. The molecule has 2 amide bonds. The molecule has 0 aromatic heterocycles. The van der Waals surface area contributed by atoms with Crippen molar-refractivity contribution in [3.63, 3.8) is 0 Å². The summed E-state index contributed by atoms with van der Waals surface area (Å²) in [6, 6.07) is 17.5. The van der Waals surface area contributed by atoms with Gasteiger partial charge in [0.05, 0.1) is 17.7 Å². The zero-order chi connectivity index (χ0) is 26.3. The van der Waals surface area contributed by atoms with Crippen LogP contribution in [0.1, 0.15) is 35.6 Å². The summed E-state index contributed by atoms with van der Waals surface area (Å²) in [6.07, 6.45) is 1.26. The molecule has 0 saturated carbocycles. The zero-order valence-corrected chi connectivity index (χ0v) is 20.7. The maximum Gasteiger partial charge on any atom is 0.321 e. The third-order valence-electron chi connectivity index (χ3n) is 7.95. The summed E-state index contributed by atoms with van der Waals surface area (Å²) in [5, 5.41) is 22.2. The van der Waals surface area contributed by atoms with Gasteiger partial charge in [-0.1, -0.05) is 25.1 Å². The predicted octanol–water partition coefficient (Wildman–Crippen LogP) is 5.16. The summed E-state index contributed by atoms with van der Waals surface area (Å²) in [4.78, 5) is 17.3. The molecule has 1 saturated heterocycles. The second kappa shape index (κ2) is 9.49. The van der Waals surface area contributed by atoms with E-state index in [-0.39, 0.29) is 36.0 Å². The number of phenolic OH excluding ortho intramolecular Hbond substituents is 1. The molecule has 8 heteroatoms.